The number of aliphatic carboxylic acids is 2. The summed E-state index contributed by atoms with van der Waals surface area (Å²) in [5, 5.41) is 21.9. The van der Waals surface area contributed by atoms with Crippen LogP contribution in [0.5, 0.6) is 0 Å². The van der Waals surface area contributed by atoms with E-state index >= 15 is 0 Å². The van der Waals surface area contributed by atoms with Gasteiger partial charge in [-0.15, -0.1) is 0 Å². The second-order valence-corrected chi connectivity index (χ2v) is 8.91. The molecule has 2 atom stereocenters. The first kappa shape index (κ1) is 32.9. The number of aromatic nitrogens is 4. The molecule has 40 heavy (non-hydrogen) atoms. The van der Waals surface area contributed by atoms with Gasteiger partial charge in [0, 0.05) is 40.5 Å². The Morgan fingerprint density at radius 1 is 0.700 bits per heavy atom. The first-order valence-corrected chi connectivity index (χ1v) is 11.5. The van der Waals surface area contributed by atoms with Crippen molar-refractivity contribution in [2.75, 3.05) is 22.1 Å². The van der Waals surface area contributed by atoms with Crippen LogP contribution in [0.1, 0.15) is 26.7 Å². The Hall–Kier alpha value is -5.16. The molecule has 18 heteroatoms. The van der Waals surface area contributed by atoms with Crippen LogP contribution in [0.15, 0.2) is 19.2 Å². The van der Waals surface area contributed by atoms with Gasteiger partial charge in [-0.2, -0.15) is 0 Å². The quantitative estimate of drug-likeness (QED) is 0.192. The molecule has 2 aromatic heterocycles. The number of nitrogens with two attached hydrogens (primary N) is 2. The third-order valence-electron chi connectivity index (χ3n) is 5.77. The van der Waals surface area contributed by atoms with Gasteiger partial charge in [-0.05, 0) is 0 Å². The zero-order chi connectivity index (χ0) is 31.2. The fourth-order valence-electron chi connectivity index (χ4n) is 3.11. The van der Waals surface area contributed by atoms with Crippen molar-refractivity contribution in [2.45, 2.75) is 26.7 Å². The molecule has 0 radical (unpaired) electrons. The summed E-state index contributed by atoms with van der Waals surface area (Å²) in [5.74, 6) is -5.68. The smallest absolute Gasteiger partial charge is 0.332 e. The molecule has 2 amide bonds. The highest BCUT2D eigenvalue weighted by atomic mass is 16.4. The van der Waals surface area contributed by atoms with Crippen molar-refractivity contribution in [2.24, 2.45) is 40.0 Å². The van der Waals surface area contributed by atoms with Gasteiger partial charge in [0.15, 0.2) is 0 Å². The summed E-state index contributed by atoms with van der Waals surface area (Å²) >= 11 is 0. The van der Waals surface area contributed by atoms with Gasteiger partial charge < -0.3 is 32.3 Å². The first-order valence-electron chi connectivity index (χ1n) is 11.5. The molecule has 0 aliphatic heterocycles. The zero-order valence-corrected chi connectivity index (χ0v) is 22.7. The van der Waals surface area contributed by atoms with Crippen molar-refractivity contribution in [1.82, 2.24) is 18.3 Å². The number of nitrogens with zero attached hydrogens (tertiary/aromatic N) is 4. The lowest BCUT2D eigenvalue weighted by atomic mass is 10.1. The molecule has 0 aromatic carbocycles. The summed E-state index contributed by atoms with van der Waals surface area (Å²) in [6.45, 7) is 2.77. The van der Waals surface area contributed by atoms with Gasteiger partial charge in [0.2, 0.25) is 11.8 Å². The molecule has 0 bridgehead atoms. The molecular formula is C22H32N8O10. The highest BCUT2D eigenvalue weighted by Crippen LogP contribution is 2.13. The van der Waals surface area contributed by atoms with Crippen LogP contribution in [-0.4, -0.2) is 52.2 Å². The van der Waals surface area contributed by atoms with E-state index in [2.05, 4.69) is 10.6 Å². The van der Waals surface area contributed by atoms with E-state index in [4.69, 9.17) is 21.7 Å². The monoisotopic (exact) mass is 568 g/mol. The second-order valence-electron chi connectivity index (χ2n) is 8.91. The van der Waals surface area contributed by atoms with Gasteiger partial charge in [0.25, 0.3) is 11.1 Å². The minimum atomic E-state index is -1.13. The Balaban J connectivity index is 0.000000400. The van der Waals surface area contributed by atoms with E-state index in [-0.39, 0.29) is 35.9 Å². The normalized spacial score (nSPS) is 11.9. The van der Waals surface area contributed by atoms with Crippen LogP contribution in [0.2, 0.25) is 0 Å². The maximum absolute atomic E-state index is 11.9. The SMILES string of the molecule is CC(CC(=O)Nc1c(N)n(C)c(=O)n(C)c1=O)C(=O)O.CC(CC(=O)O)C(=O)Nc1c(N)n(C)c(=O)n(C)c1=O. The minimum Gasteiger partial charge on any atom is -0.481 e. The standard InChI is InChI=1S/2C11H16N4O5/c1-5(10(18)19)4-6(16)13-7-8(12)14(2)11(20)15(3)9(7)17;1-5(4-6(16)17)9(18)13-7-8(12)14(2)11(20)15(3)10(7)19/h5H,4,12H2,1-3H3,(H,13,16)(H,18,19);5H,4,12H2,1-3H3,(H,13,18)(H,16,17). The zero-order valence-electron chi connectivity index (χ0n) is 22.7. The molecule has 2 heterocycles. The number of anilines is 4. The molecule has 2 unspecified atom stereocenters. The molecule has 0 spiro atoms. The number of nitrogen functional groups attached to an aromatic ring is 2. The van der Waals surface area contributed by atoms with Crippen molar-refractivity contribution >= 4 is 46.8 Å². The van der Waals surface area contributed by atoms with E-state index in [1.165, 1.54) is 42.0 Å². The number of hydrogen-bond acceptors (Lipinski definition) is 10. The van der Waals surface area contributed by atoms with Crippen LogP contribution in [0.4, 0.5) is 23.0 Å². The molecule has 0 aliphatic rings. The fourth-order valence-corrected chi connectivity index (χ4v) is 3.11. The molecule has 0 saturated carbocycles. The lowest BCUT2D eigenvalue weighted by molar-refractivity contribution is -0.142. The van der Waals surface area contributed by atoms with Crippen molar-refractivity contribution in [3.8, 4) is 0 Å². The van der Waals surface area contributed by atoms with Crippen LogP contribution in [0, 0.1) is 11.8 Å². The molecule has 2 rings (SSSR count). The van der Waals surface area contributed by atoms with Crippen LogP contribution >= 0.6 is 0 Å². The van der Waals surface area contributed by atoms with Crippen LogP contribution in [-0.2, 0) is 47.4 Å². The van der Waals surface area contributed by atoms with E-state index in [0.717, 1.165) is 18.3 Å². The summed E-state index contributed by atoms with van der Waals surface area (Å²) in [6.07, 6.45) is -0.682. The Kier molecular flexibility index (Phi) is 10.7. The number of carboxylic acids is 2. The lowest BCUT2D eigenvalue weighted by Crippen LogP contribution is -2.40. The second kappa shape index (κ2) is 13.1. The Bertz CT molecular complexity index is 1580. The Labute approximate surface area is 225 Å². The molecule has 0 saturated heterocycles. The molecule has 8 N–H and O–H groups in total. The number of carbonyl (C=O) groups excluding carboxylic acids is 2. The van der Waals surface area contributed by atoms with E-state index in [0.29, 0.717) is 0 Å². The molecule has 2 aromatic rings. The summed E-state index contributed by atoms with van der Waals surface area (Å²) in [4.78, 5) is 91.6. The maximum atomic E-state index is 11.9. The Morgan fingerprint density at radius 2 is 1.10 bits per heavy atom. The maximum Gasteiger partial charge on any atom is 0.332 e. The average Bonchev–Trinajstić information content (AvgIpc) is 2.88. The van der Waals surface area contributed by atoms with E-state index in [1.807, 2.05) is 0 Å². The largest absolute Gasteiger partial charge is 0.481 e. The molecule has 0 aliphatic carbocycles. The summed E-state index contributed by atoms with van der Waals surface area (Å²) in [7, 11) is 5.21. The number of nitrogens with one attached hydrogen (secondary N) is 2. The summed E-state index contributed by atoms with van der Waals surface area (Å²) < 4.78 is 3.62. The average molecular weight is 569 g/mol. The highest BCUT2D eigenvalue weighted by Gasteiger charge is 2.22. The van der Waals surface area contributed by atoms with E-state index in [9.17, 15) is 38.4 Å². The summed E-state index contributed by atoms with van der Waals surface area (Å²) in [6, 6.07) is 0. The van der Waals surface area contributed by atoms with Gasteiger partial charge in [0.05, 0.1) is 12.3 Å². The van der Waals surface area contributed by atoms with Crippen molar-refractivity contribution in [3.63, 3.8) is 0 Å². The van der Waals surface area contributed by atoms with Crippen molar-refractivity contribution in [1.29, 1.82) is 0 Å². The molecule has 220 valence electrons. The van der Waals surface area contributed by atoms with Gasteiger partial charge >= 0.3 is 23.3 Å². The number of carboxylic acid groups (broad SMARTS) is 2. The minimum absolute atomic E-state index is 0.186. The third-order valence-corrected chi connectivity index (χ3v) is 5.77. The van der Waals surface area contributed by atoms with Crippen LogP contribution in [0.25, 0.3) is 0 Å². The van der Waals surface area contributed by atoms with Gasteiger partial charge in [-0.3, -0.25) is 47.0 Å². The molecule has 18 nitrogen and oxygen atoms in total. The first-order chi connectivity index (χ1) is 18.3. The van der Waals surface area contributed by atoms with Gasteiger partial charge in [0.1, 0.15) is 23.0 Å². The number of hydrogen-bond donors (Lipinski definition) is 6. The number of amides is 2. The van der Waals surface area contributed by atoms with Crippen LogP contribution < -0.4 is 44.6 Å². The molecular weight excluding hydrogens is 536 g/mol. The third kappa shape index (κ3) is 7.45. The van der Waals surface area contributed by atoms with Crippen LogP contribution in [0.3, 0.4) is 0 Å². The topological polar surface area (TPSA) is 273 Å². The highest BCUT2D eigenvalue weighted by molar-refractivity contribution is 5.96. The number of carbonyl (C=O) groups is 4. The lowest BCUT2D eigenvalue weighted by Gasteiger charge is -2.14. The van der Waals surface area contributed by atoms with Gasteiger partial charge in [-0.25, -0.2) is 9.59 Å². The fraction of sp³-hybridized carbons (Fsp3) is 0.455. The summed E-state index contributed by atoms with van der Waals surface area (Å²) in [5.41, 5.74) is 8.02. The predicted octanol–water partition coefficient (Wildman–Crippen LogP) is -2.57. The van der Waals surface area contributed by atoms with Crippen molar-refractivity contribution < 1.29 is 29.4 Å². The van der Waals surface area contributed by atoms with E-state index < -0.39 is 58.1 Å². The Morgan fingerprint density at radius 3 is 1.48 bits per heavy atom. The predicted molar refractivity (Wildman–Crippen MR) is 143 cm³/mol. The molecule has 0 fully saturated rings. The van der Waals surface area contributed by atoms with Crippen molar-refractivity contribution in [3.05, 3.63) is 41.7 Å². The number of rotatable bonds is 8. The van der Waals surface area contributed by atoms with E-state index in [1.54, 1.807) is 0 Å². The van der Waals surface area contributed by atoms with Gasteiger partial charge in [-0.1, -0.05) is 13.8 Å².